The SMILES string of the molecule is CCc1nc2c(N3CCC4(CCC(=O)N(CCCOC)C4)CC3)ncnc2o1. The van der Waals surface area contributed by atoms with Gasteiger partial charge in [-0.2, -0.15) is 4.98 Å². The lowest BCUT2D eigenvalue weighted by atomic mass is 9.72. The highest BCUT2D eigenvalue weighted by molar-refractivity contribution is 5.81. The molecule has 0 atom stereocenters. The fourth-order valence-corrected chi connectivity index (χ4v) is 4.47. The smallest absolute Gasteiger partial charge is 0.252 e. The Morgan fingerprint density at radius 1 is 1.25 bits per heavy atom. The normalized spacial score (nSPS) is 19.7. The lowest BCUT2D eigenvalue weighted by Gasteiger charge is -2.47. The largest absolute Gasteiger partial charge is 0.422 e. The minimum Gasteiger partial charge on any atom is -0.422 e. The number of rotatable bonds is 6. The number of aromatic nitrogens is 3. The zero-order chi connectivity index (χ0) is 19.6. The van der Waals surface area contributed by atoms with Crippen LogP contribution >= 0.6 is 0 Å². The van der Waals surface area contributed by atoms with Crippen LogP contribution < -0.4 is 4.90 Å². The molecule has 0 aliphatic carbocycles. The molecule has 28 heavy (non-hydrogen) atoms. The van der Waals surface area contributed by atoms with E-state index in [4.69, 9.17) is 9.15 Å². The van der Waals surface area contributed by atoms with E-state index in [1.165, 1.54) is 0 Å². The van der Waals surface area contributed by atoms with Gasteiger partial charge in [0.05, 0.1) is 0 Å². The molecule has 2 aliphatic rings. The van der Waals surface area contributed by atoms with Crippen molar-refractivity contribution < 1.29 is 13.9 Å². The number of carbonyl (C=O) groups excluding carboxylic acids is 1. The topological polar surface area (TPSA) is 84.6 Å². The number of hydrogen-bond donors (Lipinski definition) is 0. The number of fused-ring (bicyclic) bond motifs is 1. The highest BCUT2D eigenvalue weighted by Crippen LogP contribution is 2.41. The average molecular weight is 387 g/mol. The molecule has 8 heteroatoms. The lowest BCUT2D eigenvalue weighted by molar-refractivity contribution is -0.138. The van der Waals surface area contributed by atoms with Gasteiger partial charge in [0.15, 0.2) is 17.2 Å². The molecule has 152 valence electrons. The third-order valence-corrected chi connectivity index (χ3v) is 6.17. The van der Waals surface area contributed by atoms with E-state index in [1.54, 1.807) is 13.4 Å². The number of anilines is 1. The van der Waals surface area contributed by atoms with Crippen LogP contribution in [-0.2, 0) is 16.0 Å². The standard InChI is InChI=1S/C20H29N5O3/c1-3-15-23-17-18(21-14-22-19(17)28-15)24-10-7-20(8-11-24)6-5-16(26)25(13-20)9-4-12-27-2/h14H,3-13H2,1-2H3. The Morgan fingerprint density at radius 2 is 2.07 bits per heavy atom. The third kappa shape index (κ3) is 3.70. The van der Waals surface area contributed by atoms with Crippen LogP contribution in [0.15, 0.2) is 10.7 Å². The van der Waals surface area contributed by atoms with Crippen LogP contribution in [0.25, 0.3) is 11.2 Å². The van der Waals surface area contributed by atoms with Gasteiger partial charge in [-0.25, -0.2) is 9.97 Å². The highest BCUT2D eigenvalue weighted by Gasteiger charge is 2.41. The molecule has 1 amide bonds. The van der Waals surface area contributed by atoms with Gasteiger partial charge in [0.1, 0.15) is 6.33 Å². The van der Waals surface area contributed by atoms with Gasteiger partial charge < -0.3 is 19.0 Å². The first kappa shape index (κ1) is 19.1. The van der Waals surface area contributed by atoms with Crippen LogP contribution in [-0.4, -0.2) is 65.7 Å². The molecule has 0 radical (unpaired) electrons. The molecule has 2 fully saturated rings. The molecule has 0 saturated carbocycles. The van der Waals surface area contributed by atoms with Crippen molar-refractivity contribution in [3.63, 3.8) is 0 Å². The molecule has 2 aliphatic heterocycles. The fourth-order valence-electron chi connectivity index (χ4n) is 4.47. The zero-order valence-electron chi connectivity index (χ0n) is 16.8. The number of piperidine rings is 2. The van der Waals surface area contributed by atoms with Gasteiger partial charge in [0.25, 0.3) is 5.71 Å². The van der Waals surface area contributed by atoms with Crippen molar-refractivity contribution in [3.8, 4) is 0 Å². The second-order valence-corrected chi connectivity index (χ2v) is 7.96. The van der Waals surface area contributed by atoms with Crippen molar-refractivity contribution in [3.05, 3.63) is 12.2 Å². The molecule has 0 bridgehead atoms. The van der Waals surface area contributed by atoms with E-state index in [-0.39, 0.29) is 11.3 Å². The van der Waals surface area contributed by atoms with Gasteiger partial charge in [-0.15, -0.1) is 0 Å². The van der Waals surface area contributed by atoms with Gasteiger partial charge in [-0.1, -0.05) is 6.92 Å². The number of ether oxygens (including phenoxy) is 1. The van der Waals surface area contributed by atoms with Crippen molar-refractivity contribution in [2.24, 2.45) is 5.41 Å². The minimum absolute atomic E-state index is 0.224. The molecular weight excluding hydrogens is 358 g/mol. The maximum Gasteiger partial charge on any atom is 0.252 e. The van der Waals surface area contributed by atoms with Crippen LogP contribution in [0.3, 0.4) is 0 Å². The summed E-state index contributed by atoms with van der Waals surface area (Å²) < 4.78 is 10.8. The average Bonchev–Trinajstić information content (AvgIpc) is 3.15. The molecule has 2 aromatic heterocycles. The summed E-state index contributed by atoms with van der Waals surface area (Å²) in [4.78, 5) is 30.0. The molecule has 0 aromatic carbocycles. The summed E-state index contributed by atoms with van der Waals surface area (Å²) in [7, 11) is 1.71. The van der Waals surface area contributed by atoms with E-state index in [0.29, 0.717) is 24.6 Å². The molecule has 0 unspecified atom stereocenters. The maximum atomic E-state index is 12.3. The monoisotopic (exact) mass is 387 g/mol. The molecule has 8 nitrogen and oxygen atoms in total. The summed E-state index contributed by atoms with van der Waals surface area (Å²) in [6, 6.07) is 0. The van der Waals surface area contributed by atoms with Crippen molar-refractivity contribution in [1.82, 2.24) is 19.9 Å². The van der Waals surface area contributed by atoms with E-state index < -0.39 is 0 Å². The second kappa shape index (κ2) is 8.03. The predicted molar refractivity (Wildman–Crippen MR) is 105 cm³/mol. The molecule has 0 N–H and O–H groups in total. The number of oxazole rings is 1. The number of carbonyl (C=O) groups is 1. The predicted octanol–water partition coefficient (Wildman–Crippen LogP) is 2.43. The molecule has 1 spiro atoms. The summed E-state index contributed by atoms with van der Waals surface area (Å²) in [5, 5.41) is 0. The molecule has 4 rings (SSSR count). The first-order chi connectivity index (χ1) is 13.6. The van der Waals surface area contributed by atoms with Gasteiger partial charge >= 0.3 is 0 Å². The number of amides is 1. The zero-order valence-corrected chi connectivity index (χ0v) is 16.8. The second-order valence-electron chi connectivity index (χ2n) is 7.96. The van der Waals surface area contributed by atoms with Crippen LogP contribution in [0.1, 0.15) is 44.9 Å². The maximum absolute atomic E-state index is 12.3. The van der Waals surface area contributed by atoms with Crippen molar-refractivity contribution in [2.75, 3.05) is 44.8 Å². The Morgan fingerprint density at radius 3 is 2.82 bits per heavy atom. The fraction of sp³-hybridized carbons (Fsp3) is 0.700. The van der Waals surface area contributed by atoms with E-state index in [2.05, 4.69) is 19.9 Å². The van der Waals surface area contributed by atoms with E-state index in [9.17, 15) is 4.79 Å². The number of hydrogen-bond acceptors (Lipinski definition) is 7. The quantitative estimate of drug-likeness (QED) is 0.704. The highest BCUT2D eigenvalue weighted by atomic mass is 16.5. The van der Waals surface area contributed by atoms with Gasteiger partial charge in [0.2, 0.25) is 5.91 Å². The Hall–Kier alpha value is -2.22. The van der Waals surface area contributed by atoms with Crippen LogP contribution in [0.4, 0.5) is 5.82 Å². The number of aryl methyl sites for hydroxylation is 1. The Balaban J connectivity index is 1.44. The van der Waals surface area contributed by atoms with Crippen molar-refractivity contribution in [2.45, 2.75) is 45.4 Å². The summed E-state index contributed by atoms with van der Waals surface area (Å²) in [6.45, 7) is 6.22. The van der Waals surface area contributed by atoms with Crippen molar-refractivity contribution in [1.29, 1.82) is 0 Å². The molecule has 4 heterocycles. The van der Waals surface area contributed by atoms with E-state index >= 15 is 0 Å². The number of likely N-dealkylation sites (tertiary alicyclic amines) is 1. The van der Waals surface area contributed by atoms with Crippen LogP contribution in [0.5, 0.6) is 0 Å². The molecular formula is C20H29N5O3. The van der Waals surface area contributed by atoms with Crippen molar-refractivity contribution >= 4 is 23.0 Å². The number of methoxy groups -OCH3 is 1. The van der Waals surface area contributed by atoms with Gasteiger partial charge in [-0.05, 0) is 31.1 Å². The molecule has 2 aromatic rings. The summed E-state index contributed by atoms with van der Waals surface area (Å²) >= 11 is 0. The van der Waals surface area contributed by atoms with Gasteiger partial charge in [-0.3, -0.25) is 4.79 Å². The minimum atomic E-state index is 0.224. The van der Waals surface area contributed by atoms with E-state index in [0.717, 1.165) is 69.6 Å². The van der Waals surface area contributed by atoms with Crippen LogP contribution in [0, 0.1) is 5.41 Å². The summed E-state index contributed by atoms with van der Waals surface area (Å²) in [5.41, 5.74) is 1.55. The summed E-state index contributed by atoms with van der Waals surface area (Å²) in [5.74, 6) is 1.85. The van der Waals surface area contributed by atoms with Gasteiger partial charge in [0, 0.05) is 52.7 Å². The summed E-state index contributed by atoms with van der Waals surface area (Å²) in [6.07, 6.45) is 6.97. The third-order valence-electron chi connectivity index (χ3n) is 6.17. The Kier molecular flexibility index (Phi) is 5.48. The first-order valence-corrected chi connectivity index (χ1v) is 10.3. The molecule has 2 saturated heterocycles. The Labute approximate surface area is 165 Å². The first-order valence-electron chi connectivity index (χ1n) is 10.3. The number of nitrogens with zero attached hydrogens (tertiary/aromatic N) is 5. The lowest BCUT2D eigenvalue weighted by Crippen LogP contribution is -2.52. The Bertz CT molecular complexity index is 828. The van der Waals surface area contributed by atoms with Crippen LogP contribution in [0.2, 0.25) is 0 Å². The van der Waals surface area contributed by atoms with E-state index in [1.807, 2.05) is 11.8 Å².